The molecule has 2 rings (SSSR count). The lowest BCUT2D eigenvalue weighted by Gasteiger charge is -2.15. The standard InChI is InChI=1S/C17H20O4/c1-13-7-9-15(10-8-13)20-11-14(18)12-21-17-6-4-3-5-16(17)19-2/h3-10,14,18H,11-12H2,1-2H3. The number of aryl methyl sites for hydroxylation is 1. The van der Waals surface area contributed by atoms with Gasteiger partial charge in [-0.15, -0.1) is 0 Å². The summed E-state index contributed by atoms with van der Waals surface area (Å²) in [7, 11) is 1.58. The van der Waals surface area contributed by atoms with Gasteiger partial charge in [0, 0.05) is 0 Å². The smallest absolute Gasteiger partial charge is 0.161 e. The van der Waals surface area contributed by atoms with Gasteiger partial charge in [0.1, 0.15) is 25.1 Å². The Hall–Kier alpha value is -2.20. The Morgan fingerprint density at radius 2 is 1.52 bits per heavy atom. The van der Waals surface area contributed by atoms with E-state index in [2.05, 4.69) is 0 Å². The van der Waals surface area contributed by atoms with E-state index in [1.54, 1.807) is 13.2 Å². The van der Waals surface area contributed by atoms with Gasteiger partial charge in [0.2, 0.25) is 0 Å². The summed E-state index contributed by atoms with van der Waals surface area (Å²) in [6.07, 6.45) is -0.712. The summed E-state index contributed by atoms with van der Waals surface area (Å²) in [4.78, 5) is 0. The topological polar surface area (TPSA) is 47.9 Å². The van der Waals surface area contributed by atoms with Crippen LogP contribution in [-0.2, 0) is 0 Å². The van der Waals surface area contributed by atoms with Gasteiger partial charge < -0.3 is 19.3 Å². The fourth-order valence-corrected chi connectivity index (χ4v) is 1.80. The number of para-hydroxylation sites is 2. The van der Waals surface area contributed by atoms with E-state index >= 15 is 0 Å². The maximum Gasteiger partial charge on any atom is 0.161 e. The fraction of sp³-hybridized carbons (Fsp3) is 0.294. The highest BCUT2D eigenvalue weighted by Crippen LogP contribution is 2.25. The molecule has 0 spiro atoms. The molecule has 0 saturated carbocycles. The molecule has 0 bridgehead atoms. The van der Waals surface area contributed by atoms with Gasteiger partial charge in [-0.25, -0.2) is 0 Å². The molecule has 2 aromatic rings. The molecule has 0 amide bonds. The molecule has 0 aliphatic carbocycles. The van der Waals surface area contributed by atoms with Crippen LogP contribution in [0.4, 0.5) is 0 Å². The second-order valence-electron chi connectivity index (χ2n) is 4.74. The lowest BCUT2D eigenvalue weighted by atomic mass is 10.2. The fourth-order valence-electron chi connectivity index (χ4n) is 1.80. The Bertz CT molecular complexity index is 551. The number of aliphatic hydroxyl groups excluding tert-OH is 1. The lowest BCUT2D eigenvalue weighted by molar-refractivity contribution is 0.0616. The number of methoxy groups -OCH3 is 1. The van der Waals surface area contributed by atoms with E-state index in [4.69, 9.17) is 14.2 Å². The zero-order valence-electron chi connectivity index (χ0n) is 12.3. The van der Waals surface area contributed by atoms with Gasteiger partial charge in [-0.1, -0.05) is 29.8 Å². The number of rotatable bonds is 7. The third-order valence-electron chi connectivity index (χ3n) is 2.96. The highest BCUT2D eigenvalue weighted by Gasteiger charge is 2.09. The first kappa shape index (κ1) is 15.2. The van der Waals surface area contributed by atoms with E-state index < -0.39 is 6.10 Å². The number of aliphatic hydroxyl groups is 1. The first-order chi connectivity index (χ1) is 10.2. The average molecular weight is 288 g/mol. The van der Waals surface area contributed by atoms with Crippen LogP contribution >= 0.6 is 0 Å². The summed E-state index contributed by atoms with van der Waals surface area (Å²) in [5.41, 5.74) is 1.17. The van der Waals surface area contributed by atoms with Crippen LogP contribution in [0.15, 0.2) is 48.5 Å². The van der Waals surface area contributed by atoms with E-state index in [1.807, 2.05) is 49.4 Å². The molecule has 2 aromatic carbocycles. The van der Waals surface area contributed by atoms with Crippen LogP contribution < -0.4 is 14.2 Å². The second-order valence-corrected chi connectivity index (χ2v) is 4.74. The first-order valence-corrected chi connectivity index (χ1v) is 6.82. The normalized spacial score (nSPS) is 11.8. The molecule has 0 aliphatic rings. The number of hydrogen-bond acceptors (Lipinski definition) is 4. The first-order valence-electron chi connectivity index (χ1n) is 6.82. The molecule has 0 saturated heterocycles. The monoisotopic (exact) mass is 288 g/mol. The van der Waals surface area contributed by atoms with Crippen LogP contribution in [0.3, 0.4) is 0 Å². The Morgan fingerprint density at radius 3 is 2.19 bits per heavy atom. The highest BCUT2D eigenvalue weighted by atomic mass is 16.5. The van der Waals surface area contributed by atoms with Crippen molar-refractivity contribution < 1.29 is 19.3 Å². The molecule has 0 aliphatic heterocycles. The number of ether oxygens (including phenoxy) is 3. The zero-order chi connectivity index (χ0) is 15.1. The molecular formula is C17H20O4. The summed E-state index contributed by atoms with van der Waals surface area (Å²) in [6.45, 7) is 2.34. The van der Waals surface area contributed by atoms with Gasteiger partial charge in [-0.05, 0) is 31.2 Å². The zero-order valence-corrected chi connectivity index (χ0v) is 12.3. The minimum absolute atomic E-state index is 0.145. The van der Waals surface area contributed by atoms with E-state index in [9.17, 15) is 5.11 Å². The summed E-state index contributed by atoms with van der Waals surface area (Å²) in [5, 5.41) is 9.90. The van der Waals surface area contributed by atoms with E-state index in [-0.39, 0.29) is 13.2 Å². The number of hydrogen-bond donors (Lipinski definition) is 1. The average Bonchev–Trinajstić information content (AvgIpc) is 2.52. The molecule has 112 valence electrons. The Labute approximate surface area is 124 Å². The van der Waals surface area contributed by atoms with E-state index in [0.717, 1.165) is 5.75 Å². The molecular weight excluding hydrogens is 268 g/mol. The SMILES string of the molecule is COc1ccccc1OCC(O)COc1ccc(C)cc1. The Kier molecular flexibility index (Phi) is 5.46. The van der Waals surface area contributed by atoms with Crippen LogP contribution in [0.5, 0.6) is 17.2 Å². The third-order valence-corrected chi connectivity index (χ3v) is 2.96. The molecule has 0 heterocycles. The van der Waals surface area contributed by atoms with Crippen molar-refractivity contribution in [3.63, 3.8) is 0 Å². The van der Waals surface area contributed by atoms with Crippen molar-refractivity contribution in [2.24, 2.45) is 0 Å². The lowest BCUT2D eigenvalue weighted by Crippen LogP contribution is -2.25. The van der Waals surface area contributed by atoms with E-state index in [0.29, 0.717) is 11.5 Å². The maximum atomic E-state index is 9.90. The Morgan fingerprint density at radius 1 is 0.905 bits per heavy atom. The van der Waals surface area contributed by atoms with Crippen molar-refractivity contribution in [3.8, 4) is 17.2 Å². The van der Waals surface area contributed by atoms with Gasteiger partial charge in [0.05, 0.1) is 7.11 Å². The van der Waals surface area contributed by atoms with Gasteiger partial charge in [0.25, 0.3) is 0 Å². The predicted molar refractivity (Wildman–Crippen MR) is 81.2 cm³/mol. The summed E-state index contributed by atoms with van der Waals surface area (Å²) < 4.78 is 16.2. The predicted octanol–water partition coefficient (Wildman–Crippen LogP) is 2.82. The molecule has 1 N–H and O–H groups in total. The van der Waals surface area contributed by atoms with Crippen molar-refractivity contribution in [1.82, 2.24) is 0 Å². The van der Waals surface area contributed by atoms with Crippen molar-refractivity contribution >= 4 is 0 Å². The van der Waals surface area contributed by atoms with Crippen LogP contribution in [0.2, 0.25) is 0 Å². The molecule has 0 fully saturated rings. The summed E-state index contributed by atoms with van der Waals surface area (Å²) in [6, 6.07) is 15.0. The minimum Gasteiger partial charge on any atom is -0.493 e. The van der Waals surface area contributed by atoms with Crippen molar-refractivity contribution in [2.45, 2.75) is 13.0 Å². The van der Waals surface area contributed by atoms with Gasteiger partial charge in [-0.3, -0.25) is 0 Å². The van der Waals surface area contributed by atoms with Gasteiger partial charge in [0.15, 0.2) is 11.5 Å². The van der Waals surface area contributed by atoms with Gasteiger partial charge >= 0.3 is 0 Å². The van der Waals surface area contributed by atoms with Crippen LogP contribution in [0, 0.1) is 6.92 Å². The van der Waals surface area contributed by atoms with E-state index in [1.165, 1.54) is 5.56 Å². The molecule has 4 heteroatoms. The van der Waals surface area contributed by atoms with Crippen LogP contribution in [-0.4, -0.2) is 31.5 Å². The van der Waals surface area contributed by atoms with Crippen LogP contribution in [0.1, 0.15) is 5.56 Å². The maximum absolute atomic E-state index is 9.90. The number of benzene rings is 2. The quantitative estimate of drug-likeness (QED) is 0.851. The largest absolute Gasteiger partial charge is 0.493 e. The van der Waals surface area contributed by atoms with Crippen LogP contribution in [0.25, 0.3) is 0 Å². The third kappa shape index (κ3) is 4.68. The molecule has 4 nitrogen and oxygen atoms in total. The van der Waals surface area contributed by atoms with Crippen molar-refractivity contribution in [2.75, 3.05) is 20.3 Å². The molecule has 1 unspecified atom stereocenters. The molecule has 0 radical (unpaired) electrons. The Balaban J connectivity index is 1.79. The highest BCUT2D eigenvalue weighted by molar-refractivity contribution is 5.39. The summed E-state index contributed by atoms with van der Waals surface area (Å²) in [5.74, 6) is 1.98. The van der Waals surface area contributed by atoms with Gasteiger partial charge in [-0.2, -0.15) is 0 Å². The molecule has 0 aromatic heterocycles. The molecule has 21 heavy (non-hydrogen) atoms. The minimum atomic E-state index is -0.712. The second kappa shape index (κ2) is 7.55. The molecule has 1 atom stereocenters. The van der Waals surface area contributed by atoms with Crippen molar-refractivity contribution in [1.29, 1.82) is 0 Å². The van der Waals surface area contributed by atoms with Crippen molar-refractivity contribution in [3.05, 3.63) is 54.1 Å². The summed E-state index contributed by atoms with van der Waals surface area (Å²) >= 11 is 0.